The van der Waals surface area contributed by atoms with E-state index >= 15 is 0 Å². The first-order valence-corrected chi connectivity index (χ1v) is 4.81. The highest BCUT2D eigenvalue weighted by atomic mass is 16.2. The van der Waals surface area contributed by atoms with E-state index in [1.807, 2.05) is 0 Å². The average molecular weight is 158 g/mol. The molecule has 0 rings (SSSR count). The first-order chi connectivity index (χ1) is 5.20. The van der Waals surface area contributed by atoms with Gasteiger partial charge >= 0.3 is 0 Å². The van der Waals surface area contributed by atoms with Crippen molar-refractivity contribution in [1.82, 2.24) is 0 Å². The predicted molar refractivity (Wildman–Crippen MR) is 49.6 cm³/mol. The summed E-state index contributed by atoms with van der Waals surface area (Å²) in [6.07, 6.45) is 4.75. The van der Waals surface area contributed by atoms with Crippen molar-refractivity contribution in [1.29, 1.82) is 0 Å². The van der Waals surface area contributed by atoms with Crippen LogP contribution in [0.2, 0.25) is 0 Å². The Labute approximate surface area is 70.8 Å². The second-order valence-electron chi connectivity index (χ2n) is 3.72. The van der Waals surface area contributed by atoms with Gasteiger partial charge in [0, 0.05) is 6.61 Å². The number of hydrogen-bond donors (Lipinski definition) is 1. The van der Waals surface area contributed by atoms with Crippen LogP contribution in [-0.2, 0) is 0 Å². The van der Waals surface area contributed by atoms with E-state index in [2.05, 4.69) is 20.8 Å². The molecule has 0 saturated heterocycles. The molecule has 1 nitrogen and oxygen atoms in total. The second kappa shape index (κ2) is 6.66. The molecule has 0 fully saturated rings. The van der Waals surface area contributed by atoms with Crippen molar-refractivity contribution >= 4 is 0 Å². The van der Waals surface area contributed by atoms with Crippen LogP contribution in [0, 0.1) is 11.8 Å². The number of aliphatic hydroxyl groups is 1. The zero-order valence-electron chi connectivity index (χ0n) is 8.14. The van der Waals surface area contributed by atoms with E-state index < -0.39 is 0 Å². The van der Waals surface area contributed by atoms with Gasteiger partial charge in [-0.1, -0.05) is 27.2 Å². The lowest BCUT2D eigenvalue weighted by molar-refractivity contribution is 0.265. The molecule has 68 valence electrons. The number of rotatable bonds is 6. The highest BCUT2D eigenvalue weighted by molar-refractivity contribution is 4.58. The summed E-state index contributed by atoms with van der Waals surface area (Å²) in [6.45, 7) is 7.17. The largest absolute Gasteiger partial charge is 0.396 e. The van der Waals surface area contributed by atoms with Gasteiger partial charge in [0.05, 0.1) is 0 Å². The number of aliphatic hydroxyl groups excluding tert-OH is 1. The van der Waals surface area contributed by atoms with Gasteiger partial charge in [-0.15, -0.1) is 0 Å². The molecule has 0 aromatic rings. The maximum atomic E-state index is 8.61. The van der Waals surface area contributed by atoms with Gasteiger partial charge in [0.1, 0.15) is 0 Å². The van der Waals surface area contributed by atoms with Crippen LogP contribution in [-0.4, -0.2) is 11.7 Å². The van der Waals surface area contributed by atoms with E-state index in [1.54, 1.807) is 0 Å². The Balaban J connectivity index is 3.27. The highest BCUT2D eigenvalue weighted by Gasteiger charge is 2.05. The molecule has 0 aliphatic carbocycles. The van der Waals surface area contributed by atoms with Crippen LogP contribution >= 0.6 is 0 Å². The summed E-state index contributed by atoms with van der Waals surface area (Å²) >= 11 is 0. The standard InChI is InChI=1S/C10H22O/c1-4-9(2)8-10(3)6-5-7-11/h9-11H,4-8H2,1-3H3. The molecule has 11 heavy (non-hydrogen) atoms. The van der Waals surface area contributed by atoms with Crippen molar-refractivity contribution in [3.05, 3.63) is 0 Å². The average Bonchev–Trinajstić information content (AvgIpc) is 2.00. The van der Waals surface area contributed by atoms with E-state index in [4.69, 9.17) is 5.11 Å². The molecule has 0 spiro atoms. The van der Waals surface area contributed by atoms with Crippen LogP contribution in [0.5, 0.6) is 0 Å². The van der Waals surface area contributed by atoms with Gasteiger partial charge in [-0.2, -0.15) is 0 Å². The first-order valence-electron chi connectivity index (χ1n) is 4.81. The minimum Gasteiger partial charge on any atom is -0.396 e. The maximum absolute atomic E-state index is 8.61. The predicted octanol–water partition coefficient (Wildman–Crippen LogP) is 2.83. The van der Waals surface area contributed by atoms with Crippen LogP contribution in [0.15, 0.2) is 0 Å². The Kier molecular flexibility index (Phi) is 6.63. The summed E-state index contributed by atoms with van der Waals surface area (Å²) in [4.78, 5) is 0. The van der Waals surface area contributed by atoms with Crippen molar-refractivity contribution in [3.8, 4) is 0 Å². The summed E-state index contributed by atoms with van der Waals surface area (Å²) in [5, 5.41) is 8.61. The molecule has 1 N–H and O–H groups in total. The van der Waals surface area contributed by atoms with Gasteiger partial charge < -0.3 is 5.11 Å². The molecule has 0 bridgehead atoms. The lowest BCUT2D eigenvalue weighted by atomic mass is 9.92. The first kappa shape index (κ1) is 11.0. The molecule has 0 aliphatic heterocycles. The zero-order valence-corrected chi connectivity index (χ0v) is 8.14. The molecule has 0 aliphatic rings. The fraction of sp³-hybridized carbons (Fsp3) is 1.00. The van der Waals surface area contributed by atoms with Gasteiger partial charge in [-0.25, -0.2) is 0 Å². The fourth-order valence-corrected chi connectivity index (χ4v) is 1.41. The third-order valence-electron chi connectivity index (χ3n) is 2.36. The summed E-state index contributed by atoms with van der Waals surface area (Å²) in [5.41, 5.74) is 0. The van der Waals surface area contributed by atoms with Crippen LogP contribution in [0.4, 0.5) is 0 Å². The smallest absolute Gasteiger partial charge is 0.0431 e. The SMILES string of the molecule is CCC(C)CC(C)CCCO. The minimum absolute atomic E-state index is 0.352. The van der Waals surface area contributed by atoms with Crippen molar-refractivity contribution < 1.29 is 5.11 Å². The molecule has 2 atom stereocenters. The quantitative estimate of drug-likeness (QED) is 0.630. The van der Waals surface area contributed by atoms with E-state index in [9.17, 15) is 0 Å². The normalized spacial score (nSPS) is 16.4. The Morgan fingerprint density at radius 2 is 1.82 bits per heavy atom. The molecule has 0 heterocycles. The van der Waals surface area contributed by atoms with Crippen LogP contribution in [0.3, 0.4) is 0 Å². The van der Waals surface area contributed by atoms with Gasteiger partial charge in [-0.05, 0) is 31.1 Å². The van der Waals surface area contributed by atoms with E-state index in [-0.39, 0.29) is 0 Å². The molecular weight excluding hydrogens is 136 g/mol. The van der Waals surface area contributed by atoms with Crippen molar-refractivity contribution in [2.24, 2.45) is 11.8 Å². The van der Waals surface area contributed by atoms with Crippen LogP contribution in [0.25, 0.3) is 0 Å². The molecule has 0 aromatic heterocycles. The highest BCUT2D eigenvalue weighted by Crippen LogP contribution is 2.18. The summed E-state index contributed by atoms with van der Waals surface area (Å²) in [5.74, 6) is 1.64. The fourth-order valence-electron chi connectivity index (χ4n) is 1.41. The van der Waals surface area contributed by atoms with Crippen LogP contribution < -0.4 is 0 Å². The molecule has 0 aromatic carbocycles. The Morgan fingerprint density at radius 3 is 2.27 bits per heavy atom. The molecule has 1 heteroatoms. The van der Waals surface area contributed by atoms with E-state index in [1.165, 1.54) is 19.3 Å². The lowest BCUT2D eigenvalue weighted by Crippen LogP contribution is -2.02. The molecule has 0 saturated carbocycles. The third kappa shape index (κ3) is 6.36. The Bertz CT molecular complexity index is 80.9. The van der Waals surface area contributed by atoms with Crippen LogP contribution in [0.1, 0.15) is 46.5 Å². The lowest BCUT2D eigenvalue weighted by Gasteiger charge is -2.14. The molecule has 2 unspecified atom stereocenters. The van der Waals surface area contributed by atoms with Crippen molar-refractivity contribution in [2.45, 2.75) is 46.5 Å². The van der Waals surface area contributed by atoms with Gasteiger partial charge in [-0.3, -0.25) is 0 Å². The summed E-state index contributed by atoms with van der Waals surface area (Å²) in [6, 6.07) is 0. The topological polar surface area (TPSA) is 20.2 Å². The van der Waals surface area contributed by atoms with Gasteiger partial charge in [0.2, 0.25) is 0 Å². The zero-order chi connectivity index (χ0) is 8.69. The Hall–Kier alpha value is -0.0400. The second-order valence-corrected chi connectivity index (χ2v) is 3.72. The minimum atomic E-state index is 0.352. The van der Waals surface area contributed by atoms with Crippen molar-refractivity contribution in [2.75, 3.05) is 6.61 Å². The maximum Gasteiger partial charge on any atom is 0.0431 e. The summed E-state index contributed by atoms with van der Waals surface area (Å²) < 4.78 is 0. The third-order valence-corrected chi connectivity index (χ3v) is 2.36. The number of hydrogen-bond acceptors (Lipinski definition) is 1. The van der Waals surface area contributed by atoms with Crippen molar-refractivity contribution in [3.63, 3.8) is 0 Å². The van der Waals surface area contributed by atoms with E-state index in [0.29, 0.717) is 6.61 Å². The Morgan fingerprint density at radius 1 is 1.18 bits per heavy atom. The molecule has 0 radical (unpaired) electrons. The van der Waals surface area contributed by atoms with E-state index in [0.717, 1.165) is 18.3 Å². The monoisotopic (exact) mass is 158 g/mol. The molecule has 0 amide bonds. The summed E-state index contributed by atoms with van der Waals surface area (Å²) in [7, 11) is 0. The van der Waals surface area contributed by atoms with Gasteiger partial charge in [0.15, 0.2) is 0 Å². The molecular formula is C10H22O. The van der Waals surface area contributed by atoms with Gasteiger partial charge in [0.25, 0.3) is 0 Å².